The maximum Gasteiger partial charge on any atom is 0.0473 e. The molecule has 0 fully saturated rings. The van der Waals surface area contributed by atoms with E-state index in [-0.39, 0.29) is 0 Å². The predicted octanol–water partition coefficient (Wildman–Crippen LogP) is 7.74. The van der Waals surface area contributed by atoms with Crippen LogP contribution in [0.4, 0.5) is 0 Å². The lowest BCUT2D eigenvalue weighted by molar-refractivity contribution is 1.02. The van der Waals surface area contributed by atoms with Crippen LogP contribution in [0.5, 0.6) is 0 Å². The third kappa shape index (κ3) is 4.66. The van der Waals surface area contributed by atoms with Gasteiger partial charge in [-0.05, 0) is 43.4 Å². The molecule has 0 nitrogen and oxygen atoms in total. The van der Waals surface area contributed by atoms with Crippen molar-refractivity contribution in [1.29, 1.82) is 0 Å². The monoisotopic (exact) mass is 358 g/mol. The molecule has 1 aromatic heterocycles. The van der Waals surface area contributed by atoms with Gasteiger partial charge < -0.3 is 0 Å². The van der Waals surface area contributed by atoms with Crippen LogP contribution in [0.25, 0.3) is 5.57 Å². The Balaban J connectivity index is 2.13. The van der Waals surface area contributed by atoms with Crippen LogP contribution in [0.15, 0.2) is 77.0 Å². The van der Waals surface area contributed by atoms with Crippen LogP contribution in [-0.4, -0.2) is 0 Å². The van der Waals surface area contributed by atoms with E-state index in [1.54, 1.807) is 11.8 Å². The molecule has 0 aliphatic carbocycles. The Hall–Kier alpha value is -1.16. The minimum atomic E-state index is 0.528. The van der Waals surface area contributed by atoms with Gasteiger partial charge in [-0.15, -0.1) is 23.1 Å². The number of allylic oxidation sites excluding steroid dienone is 7. The smallest absolute Gasteiger partial charge is 0.0473 e. The van der Waals surface area contributed by atoms with Gasteiger partial charge in [-0.25, -0.2) is 0 Å². The van der Waals surface area contributed by atoms with Crippen molar-refractivity contribution >= 4 is 40.4 Å². The fourth-order valence-corrected chi connectivity index (χ4v) is 5.58. The van der Waals surface area contributed by atoms with E-state index in [1.807, 2.05) is 41.5 Å². The highest BCUT2D eigenvalue weighted by atomic mass is 32.2. The number of hydrogen-bond acceptors (Lipinski definition) is 3. The second-order valence-corrected chi connectivity index (χ2v) is 8.28. The van der Waals surface area contributed by atoms with Crippen molar-refractivity contribution in [2.45, 2.75) is 25.5 Å². The van der Waals surface area contributed by atoms with E-state index in [0.717, 1.165) is 6.42 Å². The predicted molar refractivity (Wildman–Crippen MR) is 112 cm³/mol. The third-order valence-electron chi connectivity index (χ3n) is 3.37. The average Bonchev–Trinajstić information content (AvgIpc) is 3.21. The van der Waals surface area contributed by atoms with Gasteiger partial charge in [-0.3, -0.25) is 0 Å². The summed E-state index contributed by atoms with van der Waals surface area (Å²) in [5.41, 5.74) is 1.23. The number of thiophene rings is 1. The largest absolute Gasteiger partial charge is 0.139 e. The summed E-state index contributed by atoms with van der Waals surface area (Å²) in [6, 6.07) is 4.49. The van der Waals surface area contributed by atoms with Crippen LogP contribution in [0.1, 0.15) is 35.3 Å². The molecular formula is C20H22S3. The number of rotatable bonds is 7. The van der Waals surface area contributed by atoms with Crippen LogP contribution in [0.2, 0.25) is 0 Å². The van der Waals surface area contributed by atoms with Gasteiger partial charge in [0.05, 0.1) is 0 Å². The molecule has 0 N–H and O–H groups in total. The standard InChI is InChI=1S/C20H22S3/c1-5-9-15(10-6-2)17-11-12-19(22-17)20-14-13-18(23-20)16(7-3)21-8-4/h5-13,20H,1,4,14H2,2-3H3/b10-6-,15-9+,16-7-. The molecule has 120 valence electrons. The average molecular weight is 359 g/mol. The molecule has 1 aliphatic heterocycles. The van der Waals surface area contributed by atoms with E-state index in [0.29, 0.717) is 5.25 Å². The Morgan fingerprint density at radius 3 is 2.78 bits per heavy atom. The van der Waals surface area contributed by atoms with E-state index in [2.05, 4.69) is 62.6 Å². The zero-order chi connectivity index (χ0) is 16.7. The second-order valence-electron chi connectivity index (χ2n) is 4.91. The molecule has 0 radical (unpaired) electrons. The summed E-state index contributed by atoms with van der Waals surface area (Å²) in [6.45, 7) is 11.8. The minimum absolute atomic E-state index is 0.528. The summed E-state index contributed by atoms with van der Waals surface area (Å²) < 4.78 is 0. The van der Waals surface area contributed by atoms with Crippen LogP contribution in [-0.2, 0) is 0 Å². The summed E-state index contributed by atoms with van der Waals surface area (Å²) in [4.78, 5) is 5.44. The lowest BCUT2D eigenvalue weighted by Gasteiger charge is -2.09. The summed E-state index contributed by atoms with van der Waals surface area (Å²) in [5, 5.41) is 2.43. The van der Waals surface area contributed by atoms with Crippen LogP contribution >= 0.6 is 34.9 Å². The fraction of sp³-hybridized carbons (Fsp3) is 0.200. The van der Waals surface area contributed by atoms with Gasteiger partial charge in [0, 0.05) is 24.8 Å². The minimum Gasteiger partial charge on any atom is -0.139 e. The molecule has 2 rings (SSSR count). The highest BCUT2D eigenvalue weighted by molar-refractivity contribution is 8.10. The van der Waals surface area contributed by atoms with Crippen molar-refractivity contribution in [3.05, 3.63) is 86.7 Å². The highest BCUT2D eigenvalue weighted by Gasteiger charge is 2.23. The maximum atomic E-state index is 3.82. The van der Waals surface area contributed by atoms with Crippen molar-refractivity contribution in [3.8, 4) is 0 Å². The molecule has 0 aromatic carbocycles. The molecule has 1 aromatic rings. The molecule has 0 spiro atoms. The lowest BCUT2D eigenvalue weighted by Crippen LogP contribution is -1.83. The molecule has 0 amide bonds. The Bertz CT molecular complexity index is 683. The first-order chi connectivity index (χ1) is 11.2. The molecule has 1 unspecified atom stereocenters. The quantitative estimate of drug-likeness (QED) is 0.457. The van der Waals surface area contributed by atoms with Gasteiger partial charge in [-0.2, -0.15) is 0 Å². The summed E-state index contributed by atoms with van der Waals surface area (Å²) in [5.74, 6) is 0. The van der Waals surface area contributed by atoms with Gasteiger partial charge in [0.1, 0.15) is 0 Å². The van der Waals surface area contributed by atoms with E-state index in [9.17, 15) is 0 Å². The van der Waals surface area contributed by atoms with Crippen molar-refractivity contribution < 1.29 is 0 Å². The van der Waals surface area contributed by atoms with Crippen LogP contribution < -0.4 is 0 Å². The Labute approximate surface area is 152 Å². The normalized spacial score (nSPS) is 19.2. The number of thioether (sulfide) groups is 2. The van der Waals surface area contributed by atoms with Crippen molar-refractivity contribution in [2.24, 2.45) is 0 Å². The Morgan fingerprint density at radius 2 is 2.13 bits per heavy atom. The molecule has 0 bridgehead atoms. The van der Waals surface area contributed by atoms with Crippen molar-refractivity contribution in [1.82, 2.24) is 0 Å². The van der Waals surface area contributed by atoms with E-state index in [1.165, 1.54) is 25.1 Å². The van der Waals surface area contributed by atoms with E-state index < -0.39 is 0 Å². The van der Waals surface area contributed by atoms with Gasteiger partial charge in [0.2, 0.25) is 0 Å². The molecule has 2 heterocycles. The van der Waals surface area contributed by atoms with Crippen LogP contribution in [0, 0.1) is 0 Å². The zero-order valence-electron chi connectivity index (χ0n) is 13.6. The molecule has 3 heteroatoms. The molecule has 0 saturated carbocycles. The second kappa shape index (κ2) is 9.21. The molecule has 23 heavy (non-hydrogen) atoms. The molecule has 1 atom stereocenters. The molecule has 0 saturated heterocycles. The van der Waals surface area contributed by atoms with Gasteiger partial charge in [-0.1, -0.05) is 61.4 Å². The first kappa shape index (κ1) is 18.2. The highest BCUT2D eigenvalue weighted by Crippen LogP contribution is 2.50. The Kier molecular flexibility index (Phi) is 7.28. The Morgan fingerprint density at radius 1 is 1.30 bits per heavy atom. The third-order valence-corrected chi connectivity index (χ3v) is 7.15. The fourth-order valence-electron chi connectivity index (χ4n) is 2.36. The summed E-state index contributed by atoms with van der Waals surface area (Å²) in [7, 11) is 0. The number of hydrogen-bond donors (Lipinski definition) is 0. The lowest BCUT2D eigenvalue weighted by atomic mass is 10.2. The van der Waals surface area contributed by atoms with Gasteiger partial charge in [0.25, 0.3) is 0 Å². The van der Waals surface area contributed by atoms with Gasteiger partial charge in [0.15, 0.2) is 0 Å². The van der Waals surface area contributed by atoms with Crippen molar-refractivity contribution in [3.63, 3.8) is 0 Å². The zero-order valence-corrected chi connectivity index (χ0v) is 16.1. The van der Waals surface area contributed by atoms with E-state index in [4.69, 9.17) is 0 Å². The first-order valence-corrected chi connectivity index (χ1v) is 10.2. The van der Waals surface area contributed by atoms with Crippen LogP contribution in [0.3, 0.4) is 0 Å². The van der Waals surface area contributed by atoms with E-state index >= 15 is 0 Å². The summed E-state index contributed by atoms with van der Waals surface area (Å²) in [6.07, 6.45) is 13.8. The summed E-state index contributed by atoms with van der Waals surface area (Å²) >= 11 is 5.55. The topological polar surface area (TPSA) is 0 Å². The molecular weight excluding hydrogens is 336 g/mol. The SMILES string of the molecule is C=C/C=C(\C=C/C)c1ccc(C2CC=C(/C(=C/C)SC=C)S2)s1. The molecule has 1 aliphatic rings. The van der Waals surface area contributed by atoms with Gasteiger partial charge >= 0.3 is 0 Å². The maximum absolute atomic E-state index is 3.82. The van der Waals surface area contributed by atoms with Crippen molar-refractivity contribution in [2.75, 3.05) is 0 Å². The first-order valence-electron chi connectivity index (χ1n) is 7.60.